The smallest absolute Gasteiger partial charge is 0.114 e. The first kappa shape index (κ1) is 27.0. The van der Waals surface area contributed by atoms with Crippen LogP contribution in [-0.2, 0) is 4.74 Å². The van der Waals surface area contributed by atoms with Gasteiger partial charge in [0.25, 0.3) is 0 Å². The van der Waals surface area contributed by atoms with Crippen LogP contribution in [0.1, 0.15) is 80.1 Å². The quantitative estimate of drug-likeness (QED) is 0.412. The molecule has 0 aromatic carbocycles. The number of ether oxygens (including phenoxy) is 1. The van der Waals surface area contributed by atoms with Crippen LogP contribution in [-0.4, -0.2) is 58.1 Å². The number of aliphatic hydroxyl groups excluding tert-OH is 2. The van der Waals surface area contributed by atoms with E-state index in [1.807, 2.05) is 0 Å². The molecule has 0 bridgehead atoms. The summed E-state index contributed by atoms with van der Waals surface area (Å²) in [5.41, 5.74) is -2.64. The van der Waals surface area contributed by atoms with Crippen molar-refractivity contribution in [3.05, 3.63) is 0 Å². The van der Waals surface area contributed by atoms with Gasteiger partial charge in [-0.05, 0) is 73.0 Å². The standard InChI is InChI=1S/C26H50O5/c1-17(2)21-9-7-19(5)11-23(21)25(29,13-27)15-31-16-26(30,14-28)24-12-20(6)8-10-22(24)18(3)4/h17-24,27-30H,7-16H2,1-6H3. The third-order valence-corrected chi connectivity index (χ3v) is 8.68. The van der Waals surface area contributed by atoms with Crippen LogP contribution >= 0.6 is 0 Å². The predicted octanol–water partition coefficient (Wildman–Crippen LogP) is 3.87. The molecule has 0 saturated heterocycles. The van der Waals surface area contributed by atoms with Crippen LogP contribution in [0.2, 0.25) is 0 Å². The maximum Gasteiger partial charge on any atom is 0.114 e. The van der Waals surface area contributed by atoms with Crippen molar-refractivity contribution in [2.24, 2.45) is 47.3 Å². The lowest BCUT2D eigenvalue weighted by atomic mass is 9.63. The lowest BCUT2D eigenvalue weighted by molar-refractivity contribution is -0.183. The lowest BCUT2D eigenvalue weighted by Crippen LogP contribution is -2.55. The van der Waals surface area contributed by atoms with Gasteiger partial charge in [-0.1, -0.05) is 54.4 Å². The van der Waals surface area contributed by atoms with Gasteiger partial charge in [-0.3, -0.25) is 0 Å². The van der Waals surface area contributed by atoms with Gasteiger partial charge < -0.3 is 25.2 Å². The van der Waals surface area contributed by atoms with E-state index in [9.17, 15) is 20.4 Å². The molecule has 0 aromatic heterocycles. The van der Waals surface area contributed by atoms with Gasteiger partial charge in [0, 0.05) is 0 Å². The van der Waals surface area contributed by atoms with Crippen LogP contribution in [0.5, 0.6) is 0 Å². The molecule has 0 radical (unpaired) electrons. The van der Waals surface area contributed by atoms with Crippen LogP contribution < -0.4 is 0 Å². The van der Waals surface area contributed by atoms with E-state index in [0.717, 1.165) is 38.5 Å². The van der Waals surface area contributed by atoms with Crippen molar-refractivity contribution in [1.82, 2.24) is 0 Å². The average molecular weight is 443 g/mol. The van der Waals surface area contributed by atoms with Crippen molar-refractivity contribution < 1.29 is 25.2 Å². The van der Waals surface area contributed by atoms with Gasteiger partial charge in [-0.2, -0.15) is 0 Å². The van der Waals surface area contributed by atoms with Gasteiger partial charge in [0.2, 0.25) is 0 Å². The fraction of sp³-hybridized carbons (Fsp3) is 1.00. The van der Waals surface area contributed by atoms with E-state index in [2.05, 4.69) is 41.5 Å². The fourth-order valence-corrected chi connectivity index (χ4v) is 6.58. The molecule has 31 heavy (non-hydrogen) atoms. The Balaban J connectivity index is 2.11. The third-order valence-electron chi connectivity index (χ3n) is 8.68. The molecule has 8 atom stereocenters. The summed E-state index contributed by atoms with van der Waals surface area (Å²) in [7, 11) is 0. The van der Waals surface area contributed by atoms with Crippen molar-refractivity contribution in [2.45, 2.75) is 91.3 Å². The van der Waals surface area contributed by atoms with Crippen molar-refractivity contribution in [2.75, 3.05) is 26.4 Å². The van der Waals surface area contributed by atoms with Gasteiger partial charge in [-0.25, -0.2) is 0 Å². The number of hydrogen-bond acceptors (Lipinski definition) is 5. The Morgan fingerprint density at radius 3 is 1.35 bits per heavy atom. The number of hydrogen-bond donors (Lipinski definition) is 4. The summed E-state index contributed by atoms with van der Waals surface area (Å²) >= 11 is 0. The molecular weight excluding hydrogens is 392 g/mol. The monoisotopic (exact) mass is 442 g/mol. The molecule has 2 rings (SSSR count). The van der Waals surface area contributed by atoms with Gasteiger partial charge >= 0.3 is 0 Å². The normalized spacial score (nSPS) is 36.4. The molecule has 2 saturated carbocycles. The Bertz CT molecular complexity index is 492. The van der Waals surface area contributed by atoms with Crippen LogP contribution in [0.4, 0.5) is 0 Å². The SMILES string of the molecule is CC1CCC(C(C)C)C(C(O)(CO)COCC(O)(CO)C2CC(C)CCC2C(C)C)C1. The maximum absolute atomic E-state index is 11.4. The van der Waals surface area contributed by atoms with Crippen molar-refractivity contribution in [3.63, 3.8) is 0 Å². The minimum atomic E-state index is -1.32. The third kappa shape index (κ3) is 6.44. The summed E-state index contributed by atoms with van der Waals surface area (Å²) < 4.78 is 5.96. The summed E-state index contributed by atoms with van der Waals surface area (Å²) in [6.07, 6.45) is 6.18. The summed E-state index contributed by atoms with van der Waals surface area (Å²) in [5, 5.41) is 43.2. The van der Waals surface area contributed by atoms with E-state index in [4.69, 9.17) is 4.74 Å². The van der Waals surface area contributed by atoms with Crippen molar-refractivity contribution >= 4 is 0 Å². The first-order chi connectivity index (χ1) is 14.5. The Morgan fingerprint density at radius 2 is 1.06 bits per heavy atom. The molecule has 2 fully saturated rings. The number of rotatable bonds is 10. The first-order valence-electron chi connectivity index (χ1n) is 12.7. The molecule has 2 aliphatic rings. The number of aliphatic hydroxyl groups is 4. The largest absolute Gasteiger partial charge is 0.393 e. The molecule has 184 valence electrons. The highest BCUT2D eigenvalue weighted by Crippen LogP contribution is 2.45. The molecule has 5 heteroatoms. The highest BCUT2D eigenvalue weighted by atomic mass is 16.5. The van der Waals surface area contributed by atoms with E-state index in [-0.39, 0.29) is 38.3 Å². The first-order valence-corrected chi connectivity index (χ1v) is 12.7. The van der Waals surface area contributed by atoms with E-state index in [0.29, 0.717) is 35.5 Å². The van der Waals surface area contributed by atoms with Crippen LogP contribution in [0.3, 0.4) is 0 Å². The molecule has 2 aliphatic carbocycles. The van der Waals surface area contributed by atoms with Crippen LogP contribution in [0.15, 0.2) is 0 Å². The van der Waals surface area contributed by atoms with Gasteiger partial charge in [0.1, 0.15) is 11.2 Å². The predicted molar refractivity (Wildman–Crippen MR) is 125 cm³/mol. The Morgan fingerprint density at radius 1 is 0.710 bits per heavy atom. The van der Waals surface area contributed by atoms with E-state index in [1.165, 1.54) is 0 Å². The van der Waals surface area contributed by atoms with Gasteiger partial charge in [0.05, 0.1) is 26.4 Å². The maximum atomic E-state index is 11.4. The summed E-state index contributed by atoms with van der Waals surface area (Å²) in [4.78, 5) is 0. The second-order valence-corrected chi connectivity index (χ2v) is 11.9. The van der Waals surface area contributed by atoms with Crippen LogP contribution in [0, 0.1) is 47.3 Å². The zero-order valence-corrected chi connectivity index (χ0v) is 20.9. The summed E-state index contributed by atoms with van der Waals surface area (Å²) in [5.74, 6) is 2.53. The Hall–Kier alpha value is -0.200. The Kier molecular flexibility index (Phi) is 9.85. The fourth-order valence-electron chi connectivity index (χ4n) is 6.58. The van der Waals surface area contributed by atoms with E-state index in [1.54, 1.807) is 0 Å². The highest BCUT2D eigenvalue weighted by Gasteiger charge is 2.47. The summed E-state index contributed by atoms with van der Waals surface area (Å²) in [6.45, 7) is 12.5. The Labute approximate surface area is 190 Å². The van der Waals surface area contributed by atoms with E-state index >= 15 is 0 Å². The second-order valence-electron chi connectivity index (χ2n) is 11.9. The molecule has 0 aromatic rings. The minimum Gasteiger partial charge on any atom is -0.393 e. The molecule has 0 amide bonds. The molecular formula is C26H50O5. The van der Waals surface area contributed by atoms with Gasteiger partial charge in [0.15, 0.2) is 0 Å². The molecule has 0 spiro atoms. The minimum absolute atomic E-state index is 0.0129. The zero-order chi connectivity index (χ0) is 23.4. The molecule has 0 aliphatic heterocycles. The second kappa shape index (κ2) is 11.3. The lowest BCUT2D eigenvalue weighted by Gasteiger charge is -2.47. The molecule has 0 heterocycles. The van der Waals surface area contributed by atoms with Crippen LogP contribution in [0.25, 0.3) is 0 Å². The topological polar surface area (TPSA) is 90.2 Å². The van der Waals surface area contributed by atoms with E-state index < -0.39 is 11.2 Å². The molecule has 5 nitrogen and oxygen atoms in total. The summed E-state index contributed by atoms with van der Waals surface area (Å²) in [6, 6.07) is 0. The van der Waals surface area contributed by atoms with Crippen molar-refractivity contribution in [1.29, 1.82) is 0 Å². The molecule has 4 N–H and O–H groups in total. The zero-order valence-electron chi connectivity index (χ0n) is 20.9. The van der Waals surface area contributed by atoms with Gasteiger partial charge in [-0.15, -0.1) is 0 Å². The average Bonchev–Trinajstić information content (AvgIpc) is 2.72. The van der Waals surface area contributed by atoms with Crippen molar-refractivity contribution in [3.8, 4) is 0 Å². The molecule has 8 unspecified atom stereocenters. The highest BCUT2D eigenvalue weighted by molar-refractivity contribution is 4.97.